The van der Waals surface area contributed by atoms with Gasteiger partial charge in [-0.3, -0.25) is 24.3 Å². The highest BCUT2D eigenvalue weighted by atomic mass is 32.1. The van der Waals surface area contributed by atoms with Gasteiger partial charge >= 0.3 is 0 Å². The molecule has 8 nitrogen and oxygen atoms in total. The van der Waals surface area contributed by atoms with Crippen molar-refractivity contribution in [2.75, 3.05) is 0 Å². The number of hydrogen-bond acceptors (Lipinski definition) is 7. The van der Waals surface area contributed by atoms with Gasteiger partial charge in [-0.2, -0.15) is 0 Å². The third kappa shape index (κ3) is 3.30. The van der Waals surface area contributed by atoms with E-state index in [0.29, 0.717) is 26.9 Å². The number of furan rings is 1. The number of para-hydroxylation sites is 1. The Labute approximate surface area is 178 Å². The lowest BCUT2D eigenvalue weighted by molar-refractivity contribution is -0.384. The first-order valence-corrected chi connectivity index (χ1v) is 10.1. The van der Waals surface area contributed by atoms with Crippen LogP contribution in [-0.2, 0) is 6.54 Å². The summed E-state index contributed by atoms with van der Waals surface area (Å²) in [7, 11) is 0. The van der Waals surface area contributed by atoms with Gasteiger partial charge in [0, 0.05) is 28.5 Å². The zero-order valence-electron chi connectivity index (χ0n) is 15.8. The molecule has 0 fully saturated rings. The Hall–Kier alpha value is -4.11. The summed E-state index contributed by atoms with van der Waals surface area (Å²) in [5, 5.41) is 13.9. The number of carbonyl (C=O) groups excluding carboxylic acids is 1. The predicted molar refractivity (Wildman–Crippen MR) is 117 cm³/mol. The normalized spacial score (nSPS) is 11.2. The standard InChI is InChI=1S/C22H13N3O5S/c26-17(19-9-14-3-1-2-4-18(14)30-19)10-24-12-23-21-20(22(24)27)16(11-31-21)13-5-7-15(8-6-13)25(28)29/h1-9,11-12H,10H2. The molecule has 0 aliphatic heterocycles. The van der Waals surface area contributed by atoms with E-state index in [-0.39, 0.29) is 29.3 Å². The van der Waals surface area contributed by atoms with Crippen molar-refractivity contribution in [3.05, 3.63) is 92.5 Å². The summed E-state index contributed by atoms with van der Waals surface area (Å²) in [6.07, 6.45) is 1.35. The van der Waals surface area contributed by atoms with Gasteiger partial charge in [0.1, 0.15) is 10.4 Å². The van der Waals surface area contributed by atoms with E-state index in [1.165, 1.54) is 34.4 Å². The number of nitrogens with zero attached hydrogens (tertiary/aromatic N) is 3. The van der Waals surface area contributed by atoms with Crippen LogP contribution in [0.4, 0.5) is 5.69 Å². The van der Waals surface area contributed by atoms with E-state index in [0.717, 1.165) is 5.39 Å². The summed E-state index contributed by atoms with van der Waals surface area (Å²) in [5.41, 5.74) is 1.50. The van der Waals surface area contributed by atoms with Crippen LogP contribution >= 0.6 is 11.3 Å². The van der Waals surface area contributed by atoms with Gasteiger partial charge in [-0.05, 0) is 29.8 Å². The zero-order chi connectivity index (χ0) is 21.5. The minimum atomic E-state index is -0.478. The minimum Gasteiger partial charge on any atom is -0.453 e. The molecule has 0 saturated heterocycles. The number of aromatic nitrogens is 2. The van der Waals surface area contributed by atoms with Gasteiger partial charge in [-0.15, -0.1) is 11.3 Å². The number of fused-ring (bicyclic) bond motifs is 2. The molecule has 0 aliphatic carbocycles. The van der Waals surface area contributed by atoms with Crippen molar-refractivity contribution in [2.45, 2.75) is 6.54 Å². The first-order chi connectivity index (χ1) is 15.0. The summed E-state index contributed by atoms with van der Waals surface area (Å²) >= 11 is 1.30. The second-order valence-corrected chi connectivity index (χ2v) is 7.74. The molecule has 0 N–H and O–H groups in total. The summed E-state index contributed by atoms with van der Waals surface area (Å²) in [6, 6.07) is 14.9. The molecule has 0 unspecified atom stereocenters. The van der Waals surface area contributed by atoms with E-state index in [4.69, 9.17) is 4.42 Å². The number of rotatable bonds is 5. The Bertz CT molecular complexity index is 1500. The number of nitro benzene ring substituents is 1. The van der Waals surface area contributed by atoms with Gasteiger partial charge in [-0.25, -0.2) is 4.98 Å². The van der Waals surface area contributed by atoms with E-state index in [9.17, 15) is 19.7 Å². The molecule has 2 aromatic carbocycles. The first kappa shape index (κ1) is 18.9. The highest BCUT2D eigenvalue weighted by Crippen LogP contribution is 2.31. The van der Waals surface area contributed by atoms with Crippen LogP contribution < -0.4 is 5.56 Å². The monoisotopic (exact) mass is 431 g/mol. The Morgan fingerprint density at radius 1 is 1.16 bits per heavy atom. The highest BCUT2D eigenvalue weighted by molar-refractivity contribution is 7.17. The van der Waals surface area contributed by atoms with E-state index in [1.807, 2.05) is 18.2 Å². The summed E-state index contributed by atoms with van der Waals surface area (Å²) in [4.78, 5) is 41.1. The molecule has 0 atom stereocenters. The van der Waals surface area contributed by atoms with Crippen molar-refractivity contribution >= 4 is 44.0 Å². The average molecular weight is 431 g/mol. The number of thiophene rings is 1. The van der Waals surface area contributed by atoms with E-state index in [2.05, 4.69) is 4.98 Å². The van der Waals surface area contributed by atoms with Crippen LogP contribution in [0.1, 0.15) is 10.6 Å². The molecule has 0 bridgehead atoms. The van der Waals surface area contributed by atoms with Crippen molar-refractivity contribution in [3.8, 4) is 11.1 Å². The van der Waals surface area contributed by atoms with Crippen LogP contribution in [0, 0.1) is 10.1 Å². The highest BCUT2D eigenvalue weighted by Gasteiger charge is 2.18. The predicted octanol–water partition coefficient (Wildman–Crippen LogP) is 4.66. The molecular weight excluding hydrogens is 418 g/mol. The van der Waals surface area contributed by atoms with Gasteiger partial charge in [0.2, 0.25) is 5.78 Å². The Kier molecular flexibility index (Phi) is 4.45. The molecule has 0 saturated carbocycles. The molecule has 0 amide bonds. The molecule has 0 aliphatic rings. The summed E-state index contributed by atoms with van der Waals surface area (Å²) in [6.45, 7) is -0.211. The molecule has 31 heavy (non-hydrogen) atoms. The van der Waals surface area contributed by atoms with Crippen LogP contribution in [-0.4, -0.2) is 20.3 Å². The van der Waals surface area contributed by atoms with E-state index >= 15 is 0 Å². The first-order valence-electron chi connectivity index (χ1n) is 9.24. The molecule has 5 aromatic rings. The number of hydrogen-bond donors (Lipinski definition) is 0. The third-order valence-corrected chi connectivity index (χ3v) is 5.85. The quantitative estimate of drug-likeness (QED) is 0.227. The van der Waals surface area contributed by atoms with E-state index < -0.39 is 4.92 Å². The van der Waals surface area contributed by atoms with Gasteiger partial charge in [-0.1, -0.05) is 18.2 Å². The smallest absolute Gasteiger partial charge is 0.269 e. The molecular formula is C22H13N3O5S. The third-order valence-electron chi connectivity index (χ3n) is 4.96. The number of ketones is 1. The van der Waals surface area contributed by atoms with Gasteiger partial charge in [0.25, 0.3) is 11.2 Å². The van der Waals surface area contributed by atoms with Crippen LogP contribution in [0.15, 0.2) is 75.5 Å². The topological polar surface area (TPSA) is 108 Å². The molecule has 0 radical (unpaired) electrons. The van der Waals surface area contributed by atoms with Crippen molar-refractivity contribution in [1.29, 1.82) is 0 Å². The lowest BCUT2D eigenvalue weighted by atomic mass is 10.1. The van der Waals surface area contributed by atoms with Crippen LogP contribution in [0.3, 0.4) is 0 Å². The van der Waals surface area contributed by atoms with Crippen molar-refractivity contribution in [2.24, 2.45) is 0 Å². The number of carbonyl (C=O) groups is 1. The van der Waals surface area contributed by atoms with Crippen LogP contribution in [0.25, 0.3) is 32.3 Å². The minimum absolute atomic E-state index is 0.0322. The number of non-ortho nitro benzene ring substituents is 1. The maximum absolute atomic E-state index is 13.1. The Morgan fingerprint density at radius 3 is 2.68 bits per heavy atom. The summed E-state index contributed by atoms with van der Waals surface area (Å²) in [5.74, 6) is -0.166. The second kappa shape index (κ2) is 7.29. The summed E-state index contributed by atoms with van der Waals surface area (Å²) < 4.78 is 6.85. The fourth-order valence-corrected chi connectivity index (χ4v) is 4.31. The molecule has 3 heterocycles. The van der Waals surface area contributed by atoms with Crippen molar-refractivity contribution < 1.29 is 14.1 Å². The van der Waals surface area contributed by atoms with Crippen molar-refractivity contribution in [1.82, 2.24) is 9.55 Å². The Morgan fingerprint density at radius 2 is 1.94 bits per heavy atom. The lowest BCUT2D eigenvalue weighted by Gasteiger charge is -2.05. The maximum Gasteiger partial charge on any atom is 0.269 e. The SMILES string of the molecule is O=C(Cn1cnc2scc(-c3ccc([N+](=O)[O-])cc3)c2c1=O)c1cc2ccccc2o1. The molecule has 3 aromatic heterocycles. The molecule has 152 valence electrons. The van der Waals surface area contributed by atoms with Crippen LogP contribution in [0.2, 0.25) is 0 Å². The van der Waals surface area contributed by atoms with Gasteiger partial charge in [0.15, 0.2) is 5.76 Å². The number of benzene rings is 2. The average Bonchev–Trinajstić information content (AvgIpc) is 3.40. The maximum atomic E-state index is 13.1. The largest absolute Gasteiger partial charge is 0.453 e. The molecule has 9 heteroatoms. The Balaban J connectivity index is 1.52. The lowest BCUT2D eigenvalue weighted by Crippen LogP contribution is -2.24. The fourth-order valence-electron chi connectivity index (χ4n) is 3.41. The molecule has 0 spiro atoms. The van der Waals surface area contributed by atoms with Crippen molar-refractivity contribution in [3.63, 3.8) is 0 Å². The fraction of sp³-hybridized carbons (Fsp3) is 0.0455. The molecule has 5 rings (SSSR count). The van der Waals surface area contributed by atoms with Crippen LogP contribution in [0.5, 0.6) is 0 Å². The number of nitro groups is 1. The van der Waals surface area contributed by atoms with Gasteiger partial charge in [0.05, 0.1) is 23.2 Å². The van der Waals surface area contributed by atoms with E-state index in [1.54, 1.807) is 29.6 Å². The zero-order valence-corrected chi connectivity index (χ0v) is 16.7. The second-order valence-electron chi connectivity index (χ2n) is 6.88. The number of Topliss-reactive ketones (excluding diaryl/α,β-unsaturated/α-hetero) is 1. The van der Waals surface area contributed by atoms with Gasteiger partial charge < -0.3 is 4.42 Å².